The first-order valence-electron chi connectivity index (χ1n) is 8.54. The minimum atomic E-state index is -3.82. The monoisotopic (exact) mass is 371 g/mol. The van der Waals surface area contributed by atoms with Crippen LogP contribution in [0.15, 0.2) is 24.3 Å². The lowest BCUT2D eigenvalue weighted by molar-refractivity contribution is -0.119. The maximum Gasteiger partial charge on any atom is 0.303 e. The van der Waals surface area contributed by atoms with Gasteiger partial charge >= 0.3 is 10.2 Å². The van der Waals surface area contributed by atoms with E-state index in [0.717, 1.165) is 5.56 Å². The quantitative estimate of drug-likeness (QED) is 0.762. The third kappa shape index (κ3) is 4.77. The molecule has 1 fully saturated rings. The summed E-state index contributed by atoms with van der Waals surface area (Å²) in [5, 5.41) is 3.14. The van der Waals surface area contributed by atoms with Crippen molar-refractivity contribution in [1.29, 1.82) is 0 Å². The van der Waals surface area contributed by atoms with Crippen LogP contribution in [0.5, 0.6) is 0 Å². The fourth-order valence-corrected chi connectivity index (χ4v) is 4.55. The average Bonchev–Trinajstić information content (AvgIpc) is 2.55. The van der Waals surface area contributed by atoms with Crippen LogP contribution in [0.25, 0.3) is 0 Å². The van der Waals surface area contributed by atoms with Gasteiger partial charge in [-0.25, -0.2) is 9.11 Å². The molecule has 0 saturated carbocycles. The Morgan fingerprint density at radius 3 is 2.56 bits per heavy atom. The Bertz CT molecular complexity index is 701. The Hall–Kier alpha value is -1.51. The molecular formula is C17H26FN3O3S. The van der Waals surface area contributed by atoms with Crippen molar-refractivity contribution in [3.63, 3.8) is 0 Å². The molecule has 0 radical (unpaired) electrons. The van der Waals surface area contributed by atoms with E-state index >= 15 is 0 Å². The van der Waals surface area contributed by atoms with Crippen LogP contribution in [0.4, 0.5) is 4.39 Å². The van der Waals surface area contributed by atoms with Crippen LogP contribution < -0.4 is 10.0 Å². The van der Waals surface area contributed by atoms with Crippen LogP contribution >= 0.6 is 0 Å². The summed E-state index contributed by atoms with van der Waals surface area (Å²) in [4.78, 5) is 11.6. The van der Waals surface area contributed by atoms with E-state index in [1.54, 1.807) is 6.07 Å². The molecule has 0 aromatic heterocycles. The Balaban J connectivity index is 2.13. The van der Waals surface area contributed by atoms with Gasteiger partial charge in [-0.3, -0.25) is 4.79 Å². The number of nitrogens with one attached hydrogen (secondary N) is 2. The van der Waals surface area contributed by atoms with Crippen LogP contribution in [0.2, 0.25) is 0 Å². The van der Waals surface area contributed by atoms with E-state index in [1.807, 2.05) is 20.0 Å². The van der Waals surface area contributed by atoms with Crippen molar-refractivity contribution >= 4 is 16.1 Å². The Morgan fingerprint density at radius 2 is 2.00 bits per heavy atom. The summed E-state index contributed by atoms with van der Waals surface area (Å²) < 4.78 is 41.8. The number of likely N-dealkylation sites (N-methyl/N-ethyl adjacent to an activating group) is 1. The topological polar surface area (TPSA) is 78.5 Å². The molecule has 140 valence electrons. The molecule has 1 amide bonds. The number of amides is 1. The first kappa shape index (κ1) is 19.8. The molecule has 0 unspecified atom stereocenters. The molecule has 1 aromatic rings. The number of nitrogens with zero attached hydrogens (tertiary/aromatic N) is 1. The van der Waals surface area contributed by atoms with Crippen molar-refractivity contribution in [2.45, 2.75) is 38.0 Å². The maximum absolute atomic E-state index is 13.6. The summed E-state index contributed by atoms with van der Waals surface area (Å²) in [5.74, 6) is -0.783. The lowest BCUT2D eigenvalue weighted by atomic mass is 9.73. The van der Waals surface area contributed by atoms with Gasteiger partial charge in [0.1, 0.15) is 5.82 Å². The fourth-order valence-electron chi connectivity index (χ4n) is 3.37. The molecule has 0 atom stereocenters. The van der Waals surface area contributed by atoms with E-state index in [0.29, 0.717) is 25.8 Å². The summed E-state index contributed by atoms with van der Waals surface area (Å²) >= 11 is 0. The number of halogens is 1. The van der Waals surface area contributed by atoms with Crippen molar-refractivity contribution in [3.8, 4) is 0 Å². The zero-order valence-corrected chi connectivity index (χ0v) is 15.5. The number of benzene rings is 1. The Labute approximate surface area is 149 Å². The lowest BCUT2D eigenvalue weighted by Crippen LogP contribution is -2.52. The van der Waals surface area contributed by atoms with Crippen LogP contribution in [-0.4, -0.2) is 45.3 Å². The second-order valence-corrected chi connectivity index (χ2v) is 8.17. The lowest BCUT2D eigenvalue weighted by Gasteiger charge is -2.41. The molecule has 1 heterocycles. The molecule has 6 nitrogen and oxygen atoms in total. The third-order valence-corrected chi connectivity index (χ3v) is 6.22. The predicted molar refractivity (Wildman–Crippen MR) is 94.8 cm³/mol. The standard InChI is InChI=1S/C17H26FN3O3S/c1-3-5-16(22)20-25(23,24)21-10-8-17(9-11-21,13-19-2)14-6-4-7-15(18)12-14/h4,6-7,12,19H,3,5,8-11,13H2,1-2H3,(H,20,22). The molecule has 2 N–H and O–H groups in total. The zero-order valence-electron chi connectivity index (χ0n) is 14.7. The number of hydrogen-bond acceptors (Lipinski definition) is 4. The largest absolute Gasteiger partial charge is 0.319 e. The molecular weight excluding hydrogens is 345 g/mol. The number of hydrogen-bond donors (Lipinski definition) is 2. The smallest absolute Gasteiger partial charge is 0.303 e. The highest BCUT2D eigenvalue weighted by atomic mass is 32.2. The minimum absolute atomic E-state index is 0.181. The average molecular weight is 371 g/mol. The molecule has 0 spiro atoms. The van der Waals surface area contributed by atoms with Crippen LogP contribution in [0.1, 0.15) is 38.2 Å². The molecule has 2 rings (SSSR count). The van der Waals surface area contributed by atoms with E-state index in [4.69, 9.17) is 0 Å². The van der Waals surface area contributed by atoms with Gasteiger partial charge in [0, 0.05) is 31.5 Å². The van der Waals surface area contributed by atoms with Crippen molar-refractivity contribution in [1.82, 2.24) is 14.3 Å². The highest BCUT2D eigenvalue weighted by Gasteiger charge is 2.39. The van der Waals surface area contributed by atoms with E-state index in [-0.39, 0.29) is 30.7 Å². The van der Waals surface area contributed by atoms with E-state index in [9.17, 15) is 17.6 Å². The Kier molecular flexibility index (Phi) is 6.53. The van der Waals surface area contributed by atoms with Crippen molar-refractivity contribution in [3.05, 3.63) is 35.6 Å². The van der Waals surface area contributed by atoms with Crippen molar-refractivity contribution in [2.24, 2.45) is 0 Å². The highest BCUT2D eigenvalue weighted by Crippen LogP contribution is 2.36. The van der Waals surface area contributed by atoms with Gasteiger partial charge < -0.3 is 5.32 Å². The molecule has 1 saturated heterocycles. The van der Waals surface area contributed by atoms with Gasteiger partial charge in [0.2, 0.25) is 5.91 Å². The minimum Gasteiger partial charge on any atom is -0.319 e. The van der Waals surface area contributed by atoms with Gasteiger partial charge in [0.25, 0.3) is 0 Å². The second-order valence-electron chi connectivity index (χ2n) is 6.50. The molecule has 1 aliphatic heterocycles. The SMILES string of the molecule is CCCC(=O)NS(=O)(=O)N1CCC(CNC)(c2cccc(F)c2)CC1. The summed E-state index contributed by atoms with van der Waals surface area (Å²) in [6, 6.07) is 6.48. The zero-order chi connectivity index (χ0) is 18.5. The van der Waals surface area contributed by atoms with Gasteiger partial charge in [-0.1, -0.05) is 19.1 Å². The molecule has 1 aromatic carbocycles. The third-order valence-electron chi connectivity index (χ3n) is 4.69. The van der Waals surface area contributed by atoms with Gasteiger partial charge in [-0.2, -0.15) is 12.7 Å². The fraction of sp³-hybridized carbons (Fsp3) is 0.588. The van der Waals surface area contributed by atoms with Gasteiger partial charge in [0.05, 0.1) is 0 Å². The Morgan fingerprint density at radius 1 is 1.32 bits per heavy atom. The van der Waals surface area contributed by atoms with Gasteiger partial charge in [-0.15, -0.1) is 0 Å². The summed E-state index contributed by atoms with van der Waals surface area (Å²) in [7, 11) is -1.99. The van der Waals surface area contributed by atoms with Crippen molar-refractivity contribution in [2.75, 3.05) is 26.7 Å². The summed E-state index contributed by atoms with van der Waals surface area (Å²) in [6.07, 6.45) is 1.88. The maximum atomic E-state index is 13.6. The predicted octanol–water partition coefficient (Wildman–Crippen LogP) is 1.54. The normalized spacial score (nSPS) is 18.0. The van der Waals surface area contributed by atoms with E-state index < -0.39 is 16.1 Å². The molecule has 0 aliphatic carbocycles. The van der Waals surface area contributed by atoms with Crippen LogP contribution in [-0.2, 0) is 20.4 Å². The summed E-state index contributed by atoms with van der Waals surface area (Å²) in [6.45, 7) is 3.02. The van der Waals surface area contributed by atoms with Crippen LogP contribution in [0, 0.1) is 5.82 Å². The van der Waals surface area contributed by atoms with Gasteiger partial charge in [-0.05, 0) is 44.0 Å². The first-order chi connectivity index (χ1) is 11.8. The second kappa shape index (κ2) is 8.25. The molecule has 0 bridgehead atoms. The number of rotatable bonds is 7. The van der Waals surface area contributed by atoms with Crippen molar-refractivity contribution < 1.29 is 17.6 Å². The number of carbonyl (C=O) groups excluding carboxylic acids is 1. The molecule has 8 heteroatoms. The first-order valence-corrected chi connectivity index (χ1v) is 9.98. The number of carbonyl (C=O) groups is 1. The molecule has 25 heavy (non-hydrogen) atoms. The van der Waals surface area contributed by atoms with E-state index in [2.05, 4.69) is 10.0 Å². The number of piperidine rings is 1. The van der Waals surface area contributed by atoms with E-state index in [1.165, 1.54) is 16.4 Å². The highest BCUT2D eigenvalue weighted by molar-refractivity contribution is 7.87. The van der Waals surface area contributed by atoms with Crippen LogP contribution in [0.3, 0.4) is 0 Å². The summed E-state index contributed by atoms with van der Waals surface area (Å²) in [5.41, 5.74) is 0.546. The van der Waals surface area contributed by atoms with Gasteiger partial charge in [0.15, 0.2) is 0 Å². The molecule has 1 aliphatic rings.